The van der Waals surface area contributed by atoms with E-state index in [0.717, 1.165) is 57.6 Å². The van der Waals surface area contributed by atoms with Crippen LogP contribution in [0.2, 0.25) is 0 Å². The van der Waals surface area contributed by atoms with Gasteiger partial charge in [-0.05, 0) is 55.0 Å². The molecule has 2 aromatic heterocycles. The smallest absolute Gasteiger partial charge is 0.166 e. The van der Waals surface area contributed by atoms with Crippen molar-refractivity contribution in [3.63, 3.8) is 0 Å². The van der Waals surface area contributed by atoms with Gasteiger partial charge in [-0.15, -0.1) is 0 Å². The highest BCUT2D eigenvalue weighted by Crippen LogP contribution is 2.43. The van der Waals surface area contributed by atoms with Gasteiger partial charge in [-0.3, -0.25) is 0 Å². The van der Waals surface area contributed by atoms with E-state index in [1.54, 1.807) is 0 Å². The number of nitrogens with two attached hydrogens (primary N) is 1. The van der Waals surface area contributed by atoms with Crippen LogP contribution in [-0.4, -0.2) is 14.5 Å². The van der Waals surface area contributed by atoms with Gasteiger partial charge in [-0.2, -0.15) is 5.26 Å². The predicted octanol–water partition coefficient (Wildman–Crippen LogP) is 5.08. The van der Waals surface area contributed by atoms with Crippen LogP contribution in [0.15, 0.2) is 48.8 Å². The molecule has 2 N–H and O–H groups in total. The third kappa shape index (κ3) is 3.28. The summed E-state index contributed by atoms with van der Waals surface area (Å²) in [7, 11) is 0. The zero-order chi connectivity index (χ0) is 21.5. The lowest BCUT2D eigenvalue weighted by molar-refractivity contribution is 0.304. The van der Waals surface area contributed by atoms with Crippen LogP contribution in [0.4, 0.5) is 5.69 Å². The van der Waals surface area contributed by atoms with E-state index in [2.05, 4.69) is 20.6 Å². The summed E-state index contributed by atoms with van der Waals surface area (Å²) in [6.45, 7) is 4.54. The molecule has 1 saturated carbocycles. The Morgan fingerprint density at radius 2 is 1.90 bits per heavy atom. The fourth-order valence-corrected chi connectivity index (χ4v) is 4.12. The molecular formula is C25H23N5O. The van der Waals surface area contributed by atoms with Crippen molar-refractivity contribution in [1.82, 2.24) is 14.5 Å². The molecule has 0 saturated heterocycles. The van der Waals surface area contributed by atoms with Gasteiger partial charge < -0.3 is 15.0 Å². The average Bonchev–Trinajstić information content (AvgIpc) is 3.54. The van der Waals surface area contributed by atoms with E-state index < -0.39 is 0 Å². The summed E-state index contributed by atoms with van der Waals surface area (Å²) >= 11 is 0. The van der Waals surface area contributed by atoms with Gasteiger partial charge in [0.25, 0.3) is 0 Å². The predicted molar refractivity (Wildman–Crippen MR) is 121 cm³/mol. The minimum Gasteiger partial charge on any atom is -0.489 e. The first-order valence-electron chi connectivity index (χ1n) is 10.4. The number of anilines is 1. The SMILES string of the molecule is Cc1ccc(OCc2ccccc2)c(C)c1-c1c(N)c(C#N)nc2c1ncn2C1CC1. The summed E-state index contributed by atoms with van der Waals surface area (Å²) in [5.41, 5.74) is 13.4. The van der Waals surface area contributed by atoms with Crippen molar-refractivity contribution in [1.29, 1.82) is 5.26 Å². The second-order valence-corrected chi connectivity index (χ2v) is 8.07. The molecule has 154 valence electrons. The summed E-state index contributed by atoms with van der Waals surface area (Å²) in [6, 6.07) is 16.7. The second kappa shape index (κ2) is 7.44. The van der Waals surface area contributed by atoms with Crippen molar-refractivity contribution in [2.45, 2.75) is 39.3 Å². The lowest BCUT2D eigenvalue weighted by Crippen LogP contribution is -2.04. The molecule has 31 heavy (non-hydrogen) atoms. The number of fused-ring (bicyclic) bond motifs is 1. The molecule has 0 aliphatic heterocycles. The lowest BCUT2D eigenvalue weighted by Gasteiger charge is -2.18. The number of nitrogen functional groups attached to an aromatic ring is 1. The molecule has 1 aliphatic carbocycles. The highest BCUT2D eigenvalue weighted by atomic mass is 16.5. The van der Waals surface area contributed by atoms with Crippen molar-refractivity contribution < 1.29 is 4.74 Å². The standard InChI is InChI=1S/C25H23N5O/c1-15-8-11-20(31-13-17-6-4-3-5-7-17)16(2)21(15)22-23(27)19(12-26)29-25-24(22)28-14-30(25)18-9-10-18/h3-8,11,14,18H,9-10,13,27H2,1-2H3. The van der Waals surface area contributed by atoms with Crippen LogP contribution in [0.1, 0.15) is 41.3 Å². The summed E-state index contributed by atoms with van der Waals surface area (Å²) < 4.78 is 8.22. The minimum absolute atomic E-state index is 0.235. The van der Waals surface area contributed by atoms with Crippen molar-refractivity contribution in [3.05, 3.63) is 71.2 Å². The number of ether oxygens (including phenoxy) is 1. The molecule has 1 fully saturated rings. The molecule has 0 amide bonds. The molecule has 0 bridgehead atoms. The topological polar surface area (TPSA) is 89.8 Å². The Hall–Kier alpha value is -3.85. The zero-order valence-corrected chi connectivity index (χ0v) is 17.6. The molecule has 2 heterocycles. The molecular weight excluding hydrogens is 386 g/mol. The maximum absolute atomic E-state index is 9.69. The van der Waals surface area contributed by atoms with Crippen LogP contribution in [0, 0.1) is 25.2 Å². The van der Waals surface area contributed by atoms with Crippen LogP contribution < -0.4 is 10.5 Å². The largest absolute Gasteiger partial charge is 0.489 e. The van der Waals surface area contributed by atoms with Gasteiger partial charge in [0.05, 0.1) is 12.0 Å². The van der Waals surface area contributed by atoms with Gasteiger partial charge >= 0.3 is 0 Å². The lowest BCUT2D eigenvalue weighted by atomic mass is 9.93. The number of aryl methyl sites for hydroxylation is 1. The Morgan fingerprint density at radius 1 is 1.13 bits per heavy atom. The Bertz CT molecular complexity index is 1330. The average molecular weight is 409 g/mol. The fraction of sp³-hybridized carbons (Fsp3) is 0.240. The van der Waals surface area contributed by atoms with Crippen molar-refractivity contribution in [3.8, 4) is 22.9 Å². The van der Waals surface area contributed by atoms with Crippen molar-refractivity contribution in [2.24, 2.45) is 0 Å². The third-order valence-electron chi connectivity index (χ3n) is 5.90. The zero-order valence-electron chi connectivity index (χ0n) is 17.6. The van der Waals surface area contributed by atoms with Gasteiger partial charge in [0.2, 0.25) is 0 Å². The molecule has 0 unspecified atom stereocenters. The number of pyridine rings is 1. The first-order valence-corrected chi connectivity index (χ1v) is 10.4. The molecule has 0 atom stereocenters. The fourth-order valence-electron chi connectivity index (χ4n) is 4.12. The van der Waals surface area contributed by atoms with E-state index in [0.29, 0.717) is 18.3 Å². The van der Waals surface area contributed by atoms with E-state index in [1.807, 2.05) is 62.6 Å². The van der Waals surface area contributed by atoms with Gasteiger partial charge in [0.1, 0.15) is 23.9 Å². The quantitative estimate of drug-likeness (QED) is 0.496. The molecule has 4 aromatic rings. The first kappa shape index (κ1) is 19.1. The minimum atomic E-state index is 0.235. The molecule has 0 radical (unpaired) electrons. The maximum atomic E-state index is 9.69. The number of rotatable bonds is 5. The number of aromatic nitrogens is 3. The highest BCUT2D eigenvalue weighted by Gasteiger charge is 2.28. The monoisotopic (exact) mass is 409 g/mol. The van der Waals surface area contributed by atoms with Gasteiger partial charge in [0, 0.05) is 11.6 Å². The Labute approximate surface area is 180 Å². The number of nitrogens with zero attached hydrogens (tertiary/aromatic N) is 4. The number of imidazole rings is 1. The molecule has 0 spiro atoms. The van der Waals surface area contributed by atoms with Crippen LogP contribution >= 0.6 is 0 Å². The summed E-state index contributed by atoms with van der Waals surface area (Å²) in [5.74, 6) is 0.786. The van der Waals surface area contributed by atoms with Gasteiger partial charge in [-0.25, -0.2) is 9.97 Å². The molecule has 2 aromatic carbocycles. The van der Waals surface area contributed by atoms with Crippen molar-refractivity contribution >= 4 is 16.9 Å². The van der Waals surface area contributed by atoms with Gasteiger partial charge in [-0.1, -0.05) is 36.4 Å². The Balaban J connectivity index is 1.66. The molecule has 6 nitrogen and oxygen atoms in total. The van der Waals surface area contributed by atoms with Crippen LogP contribution in [0.3, 0.4) is 0 Å². The van der Waals surface area contributed by atoms with Gasteiger partial charge in [0.15, 0.2) is 11.3 Å². The molecule has 5 rings (SSSR count). The summed E-state index contributed by atoms with van der Waals surface area (Å²) in [6.07, 6.45) is 4.03. The van der Waals surface area contributed by atoms with E-state index in [1.165, 1.54) is 0 Å². The third-order valence-corrected chi connectivity index (χ3v) is 5.90. The molecule has 1 aliphatic rings. The van der Waals surface area contributed by atoms with E-state index in [-0.39, 0.29) is 5.69 Å². The summed E-state index contributed by atoms with van der Waals surface area (Å²) in [5, 5.41) is 9.69. The summed E-state index contributed by atoms with van der Waals surface area (Å²) in [4.78, 5) is 9.21. The van der Waals surface area contributed by atoms with Crippen LogP contribution in [-0.2, 0) is 6.61 Å². The van der Waals surface area contributed by atoms with E-state index >= 15 is 0 Å². The number of benzene rings is 2. The maximum Gasteiger partial charge on any atom is 0.166 e. The highest BCUT2D eigenvalue weighted by molar-refractivity contribution is 6.00. The van der Waals surface area contributed by atoms with E-state index in [4.69, 9.17) is 10.5 Å². The molecule has 6 heteroatoms. The normalized spacial score (nSPS) is 13.3. The number of hydrogen-bond donors (Lipinski definition) is 1. The van der Waals surface area contributed by atoms with Crippen LogP contribution in [0.25, 0.3) is 22.3 Å². The first-order chi connectivity index (χ1) is 15.1. The van der Waals surface area contributed by atoms with Crippen molar-refractivity contribution in [2.75, 3.05) is 5.73 Å². The Kier molecular flexibility index (Phi) is 4.59. The number of nitriles is 1. The van der Waals surface area contributed by atoms with E-state index in [9.17, 15) is 5.26 Å². The Morgan fingerprint density at radius 3 is 2.61 bits per heavy atom. The number of hydrogen-bond acceptors (Lipinski definition) is 5. The van der Waals surface area contributed by atoms with Crippen LogP contribution in [0.5, 0.6) is 5.75 Å². The second-order valence-electron chi connectivity index (χ2n) is 8.07.